The van der Waals surface area contributed by atoms with E-state index in [-0.39, 0.29) is 0 Å². The molecule has 0 saturated carbocycles. The second-order valence-electron chi connectivity index (χ2n) is 2.53. The minimum atomic E-state index is 0.318. The Morgan fingerprint density at radius 3 is 3.08 bits per heavy atom. The van der Waals surface area contributed by atoms with Crippen LogP contribution < -0.4 is 0 Å². The molecule has 2 rings (SSSR count). The highest BCUT2D eigenvalue weighted by Crippen LogP contribution is 2.15. The molecule has 2 aromatic heterocycles. The third kappa shape index (κ3) is 1.06. The number of aryl methyl sites for hydroxylation is 1. The molecular formula is C8H8ClN3. The molecule has 1 N–H and O–H groups in total. The average molecular weight is 182 g/mol. The minimum Gasteiger partial charge on any atom is -0.358 e. The molecule has 0 aromatic carbocycles. The van der Waals surface area contributed by atoms with Gasteiger partial charge >= 0.3 is 0 Å². The van der Waals surface area contributed by atoms with Crippen LogP contribution in [0.5, 0.6) is 0 Å². The van der Waals surface area contributed by atoms with Crippen molar-refractivity contribution in [1.29, 1.82) is 0 Å². The smallest absolute Gasteiger partial charge is 0.223 e. The molecule has 0 fully saturated rings. The molecule has 2 aromatic rings. The number of hydrogen-bond acceptors (Lipinski definition) is 2. The lowest BCUT2D eigenvalue weighted by Crippen LogP contribution is -1.92. The molecule has 0 amide bonds. The minimum absolute atomic E-state index is 0.318. The zero-order valence-corrected chi connectivity index (χ0v) is 7.39. The van der Waals surface area contributed by atoms with E-state index in [1.807, 2.05) is 19.2 Å². The molecule has 3 nitrogen and oxygen atoms in total. The highest BCUT2D eigenvalue weighted by molar-refractivity contribution is 6.28. The van der Waals surface area contributed by atoms with Crippen LogP contribution in [0.1, 0.15) is 12.6 Å². The van der Waals surface area contributed by atoms with E-state index in [0.717, 1.165) is 23.1 Å². The van der Waals surface area contributed by atoms with Crippen molar-refractivity contribution in [3.8, 4) is 0 Å². The summed E-state index contributed by atoms with van der Waals surface area (Å²) in [6, 6.07) is 1.89. The van der Waals surface area contributed by atoms with Gasteiger partial charge in [-0.15, -0.1) is 0 Å². The molecule has 2 heterocycles. The molecule has 0 aliphatic carbocycles. The molecule has 0 aliphatic heterocycles. The lowest BCUT2D eigenvalue weighted by molar-refractivity contribution is 1.02. The van der Waals surface area contributed by atoms with Gasteiger partial charge in [0.25, 0.3) is 0 Å². The maximum atomic E-state index is 5.72. The fraction of sp³-hybridized carbons (Fsp3) is 0.250. The molecule has 62 valence electrons. The fourth-order valence-electron chi connectivity index (χ4n) is 1.23. The summed E-state index contributed by atoms with van der Waals surface area (Å²) in [5.74, 6) is 0. The van der Waals surface area contributed by atoms with Crippen molar-refractivity contribution in [2.24, 2.45) is 0 Å². The second-order valence-corrected chi connectivity index (χ2v) is 2.87. The van der Waals surface area contributed by atoms with Crippen LogP contribution in [0.2, 0.25) is 5.28 Å². The van der Waals surface area contributed by atoms with Gasteiger partial charge in [0, 0.05) is 6.20 Å². The van der Waals surface area contributed by atoms with E-state index in [0.29, 0.717) is 5.28 Å². The molecule has 0 unspecified atom stereocenters. The molecule has 4 heteroatoms. The fourth-order valence-corrected chi connectivity index (χ4v) is 1.43. The van der Waals surface area contributed by atoms with Gasteiger partial charge in [0.1, 0.15) is 0 Å². The van der Waals surface area contributed by atoms with E-state index >= 15 is 0 Å². The number of nitrogens with one attached hydrogen (secondary N) is 1. The lowest BCUT2D eigenvalue weighted by Gasteiger charge is -1.97. The standard InChI is InChI=1S/C8H8ClN3/c1-2-5-7-6(3-4-10-7)12-8(9)11-5/h3-4,10H,2H2,1H3. The first-order valence-electron chi connectivity index (χ1n) is 3.80. The van der Waals surface area contributed by atoms with Crippen LogP contribution in [-0.2, 0) is 6.42 Å². The van der Waals surface area contributed by atoms with Gasteiger partial charge in [-0.1, -0.05) is 6.92 Å². The van der Waals surface area contributed by atoms with Crippen molar-refractivity contribution < 1.29 is 0 Å². The Kier molecular flexibility index (Phi) is 1.73. The van der Waals surface area contributed by atoms with Crippen molar-refractivity contribution in [2.45, 2.75) is 13.3 Å². The summed E-state index contributed by atoms with van der Waals surface area (Å²) in [6.07, 6.45) is 2.70. The van der Waals surface area contributed by atoms with Crippen LogP contribution in [0, 0.1) is 0 Å². The summed E-state index contributed by atoms with van der Waals surface area (Å²) in [4.78, 5) is 11.3. The highest BCUT2D eigenvalue weighted by atomic mass is 35.5. The van der Waals surface area contributed by atoms with Gasteiger partial charge in [-0.2, -0.15) is 0 Å². The molecule has 0 radical (unpaired) electrons. The average Bonchev–Trinajstić information content (AvgIpc) is 2.50. The third-order valence-electron chi connectivity index (χ3n) is 1.79. The molecule has 0 saturated heterocycles. The molecular weight excluding hydrogens is 174 g/mol. The zero-order valence-electron chi connectivity index (χ0n) is 6.63. The summed E-state index contributed by atoms with van der Waals surface area (Å²) in [5.41, 5.74) is 2.84. The summed E-state index contributed by atoms with van der Waals surface area (Å²) < 4.78 is 0. The SMILES string of the molecule is CCc1nc(Cl)nc2cc[nH]c12. The molecule has 0 atom stereocenters. The summed E-state index contributed by atoms with van der Waals surface area (Å²) >= 11 is 5.72. The van der Waals surface area contributed by atoms with Crippen molar-refractivity contribution in [2.75, 3.05) is 0 Å². The van der Waals surface area contributed by atoms with E-state index in [2.05, 4.69) is 15.0 Å². The van der Waals surface area contributed by atoms with Crippen LogP contribution in [-0.4, -0.2) is 15.0 Å². The molecule has 0 spiro atoms. The third-order valence-corrected chi connectivity index (χ3v) is 1.96. The van der Waals surface area contributed by atoms with Crippen molar-refractivity contribution >= 4 is 22.6 Å². The monoisotopic (exact) mass is 181 g/mol. The van der Waals surface area contributed by atoms with Crippen molar-refractivity contribution in [3.63, 3.8) is 0 Å². The first-order valence-corrected chi connectivity index (χ1v) is 4.18. The van der Waals surface area contributed by atoms with Crippen LogP contribution in [0.4, 0.5) is 0 Å². The van der Waals surface area contributed by atoms with Crippen molar-refractivity contribution in [3.05, 3.63) is 23.2 Å². The first-order chi connectivity index (χ1) is 5.81. The maximum absolute atomic E-state index is 5.72. The van der Waals surface area contributed by atoms with Gasteiger partial charge in [0.2, 0.25) is 5.28 Å². The Morgan fingerprint density at radius 2 is 2.33 bits per heavy atom. The Morgan fingerprint density at radius 1 is 1.50 bits per heavy atom. The first kappa shape index (κ1) is 7.55. The number of nitrogens with zero attached hydrogens (tertiary/aromatic N) is 2. The van der Waals surface area contributed by atoms with Gasteiger partial charge < -0.3 is 4.98 Å². The van der Waals surface area contributed by atoms with Crippen molar-refractivity contribution in [1.82, 2.24) is 15.0 Å². The predicted molar refractivity (Wildman–Crippen MR) is 48.3 cm³/mol. The number of aromatic nitrogens is 3. The lowest BCUT2D eigenvalue weighted by atomic mass is 10.3. The molecule has 0 aliphatic rings. The Labute approximate surface area is 74.8 Å². The largest absolute Gasteiger partial charge is 0.358 e. The van der Waals surface area contributed by atoms with Crippen LogP contribution in [0.15, 0.2) is 12.3 Å². The predicted octanol–water partition coefficient (Wildman–Crippen LogP) is 2.17. The number of halogens is 1. The van der Waals surface area contributed by atoms with Gasteiger partial charge in [0.05, 0.1) is 16.7 Å². The Bertz CT molecular complexity index is 408. The number of H-pyrrole nitrogens is 1. The number of rotatable bonds is 1. The summed E-state index contributed by atoms with van der Waals surface area (Å²) in [5, 5.41) is 0.318. The number of fused-ring (bicyclic) bond motifs is 1. The van der Waals surface area contributed by atoms with Gasteiger partial charge in [-0.25, -0.2) is 9.97 Å². The van der Waals surface area contributed by atoms with Gasteiger partial charge in [-0.05, 0) is 24.1 Å². The van der Waals surface area contributed by atoms with Crippen LogP contribution in [0.25, 0.3) is 11.0 Å². The van der Waals surface area contributed by atoms with E-state index in [9.17, 15) is 0 Å². The van der Waals surface area contributed by atoms with E-state index in [4.69, 9.17) is 11.6 Å². The zero-order chi connectivity index (χ0) is 8.55. The number of aromatic amines is 1. The second kappa shape index (κ2) is 2.75. The van der Waals surface area contributed by atoms with Crippen LogP contribution in [0.3, 0.4) is 0 Å². The van der Waals surface area contributed by atoms with E-state index in [1.54, 1.807) is 0 Å². The quantitative estimate of drug-likeness (QED) is 0.686. The Hall–Kier alpha value is -1.09. The van der Waals surface area contributed by atoms with E-state index in [1.165, 1.54) is 0 Å². The normalized spacial score (nSPS) is 10.8. The van der Waals surface area contributed by atoms with Gasteiger partial charge in [0.15, 0.2) is 0 Å². The van der Waals surface area contributed by atoms with E-state index < -0.39 is 0 Å². The topological polar surface area (TPSA) is 41.6 Å². The maximum Gasteiger partial charge on any atom is 0.223 e. The summed E-state index contributed by atoms with van der Waals surface area (Å²) in [7, 11) is 0. The summed E-state index contributed by atoms with van der Waals surface area (Å²) in [6.45, 7) is 2.04. The van der Waals surface area contributed by atoms with Gasteiger partial charge in [-0.3, -0.25) is 0 Å². The molecule has 0 bridgehead atoms. The molecule has 12 heavy (non-hydrogen) atoms. The highest BCUT2D eigenvalue weighted by Gasteiger charge is 2.04. The van der Waals surface area contributed by atoms with Crippen LogP contribution >= 0.6 is 11.6 Å². The Balaban J connectivity index is 2.80. The number of hydrogen-bond donors (Lipinski definition) is 1.